The second-order valence-corrected chi connectivity index (χ2v) is 3.75. The Balaban J connectivity index is 3.31. The van der Waals surface area contributed by atoms with E-state index in [4.69, 9.17) is 5.26 Å². The molecule has 0 fully saturated rings. The average molecular weight is 214 g/mol. The number of carboxylic acids is 1. The Morgan fingerprint density at radius 2 is 1.81 bits per heavy atom. The van der Waals surface area contributed by atoms with Crippen LogP contribution >= 0.6 is 0 Å². The molecule has 0 aliphatic carbocycles. The van der Waals surface area contributed by atoms with Crippen LogP contribution in [0.4, 0.5) is 0 Å². The van der Waals surface area contributed by atoms with Crippen LogP contribution in [0.2, 0.25) is 0 Å². The maximum atomic E-state index is 10.6. The molecule has 82 valence electrons. The Labute approximate surface area is 94.6 Å². The molecule has 0 aromatic heterocycles. The van der Waals surface area contributed by atoms with Crippen molar-refractivity contribution in [1.29, 1.82) is 5.26 Å². The lowest BCUT2D eigenvalue weighted by Gasteiger charge is -2.07. The third-order valence-corrected chi connectivity index (χ3v) is 2.52. The first-order valence-corrected chi connectivity index (χ1v) is 4.86. The summed E-state index contributed by atoms with van der Waals surface area (Å²) < 4.78 is 0. The molecule has 0 aliphatic heterocycles. The van der Waals surface area contributed by atoms with Gasteiger partial charge >= 0.3 is 0 Å². The molecule has 0 heterocycles. The maximum absolute atomic E-state index is 10.6. The molecule has 1 aromatic carbocycles. The first kappa shape index (κ1) is 12.0. The summed E-state index contributed by atoms with van der Waals surface area (Å²) in [5, 5.41) is 19.2. The van der Waals surface area contributed by atoms with E-state index in [-0.39, 0.29) is 5.57 Å². The molecule has 0 amide bonds. The van der Waals surface area contributed by atoms with Gasteiger partial charge in [-0.2, -0.15) is 5.26 Å². The van der Waals surface area contributed by atoms with Crippen molar-refractivity contribution in [2.75, 3.05) is 0 Å². The van der Waals surface area contributed by atoms with Crippen molar-refractivity contribution < 1.29 is 9.90 Å². The molecule has 1 aromatic rings. The van der Waals surface area contributed by atoms with Crippen molar-refractivity contribution in [3.8, 4) is 6.07 Å². The fourth-order valence-corrected chi connectivity index (χ4v) is 1.43. The minimum absolute atomic E-state index is 0.355. The van der Waals surface area contributed by atoms with E-state index in [0.717, 1.165) is 22.3 Å². The first-order chi connectivity index (χ1) is 7.45. The molecule has 1 rings (SSSR count). The molecule has 0 radical (unpaired) electrons. The van der Waals surface area contributed by atoms with E-state index in [1.54, 1.807) is 6.07 Å². The third kappa shape index (κ3) is 2.48. The van der Waals surface area contributed by atoms with Gasteiger partial charge in [0, 0.05) is 0 Å². The Morgan fingerprint density at radius 3 is 2.31 bits per heavy atom. The minimum atomic E-state index is -1.44. The van der Waals surface area contributed by atoms with Crippen molar-refractivity contribution in [1.82, 2.24) is 0 Å². The predicted molar refractivity (Wildman–Crippen MR) is 59.3 cm³/mol. The summed E-state index contributed by atoms with van der Waals surface area (Å²) in [6.07, 6.45) is 1.34. The lowest BCUT2D eigenvalue weighted by Crippen LogP contribution is -2.23. The highest BCUT2D eigenvalue weighted by atomic mass is 16.4. The summed E-state index contributed by atoms with van der Waals surface area (Å²) in [5.41, 5.74) is 3.53. The second kappa shape index (κ2) is 4.63. The van der Waals surface area contributed by atoms with E-state index in [0.29, 0.717) is 0 Å². The fraction of sp³-hybridized carbons (Fsp3) is 0.231. The molecule has 0 atom stereocenters. The van der Waals surface area contributed by atoms with Crippen molar-refractivity contribution in [3.63, 3.8) is 0 Å². The molecule has 0 saturated heterocycles. The molecule has 0 unspecified atom stereocenters. The van der Waals surface area contributed by atoms with E-state index in [9.17, 15) is 9.90 Å². The zero-order chi connectivity index (χ0) is 12.3. The Hall–Kier alpha value is -2.08. The standard InChI is InChI=1S/C13H13NO2/c1-8-4-10(3)11(5-9(8)2)6-12(7-14)13(15)16/h4-6H,1-3H3,(H,15,16)/p-1/b12-6+. The van der Waals surface area contributed by atoms with Gasteiger partial charge < -0.3 is 9.90 Å². The Kier molecular flexibility index (Phi) is 3.47. The summed E-state index contributed by atoms with van der Waals surface area (Å²) in [6.45, 7) is 5.81. The molecule has 0 aliphatic rings. The molecule has 3 heteroatoms. The number of nitrogens with zero attached hydrogens (tertiary/aromatic N) is 1. The van der Waals surface area contributed by atoms with Gasteiger partial charge in [0.15, 0.2) is 0 Å². The van der Waals surface area contributed by atoms with Crippen molar-refractivity contribution in [2.45, 2.75) is 20.8 Å². The van der Waals surface area contributed by atoms with Crippen molar-refractivity contribution in [3.05, 3.63) is 40.0 Å². The van der Waals surface area contributed by atoms with Gasteiger partial charge in [0.25, 0.3) is 0 Å². The minimum Gasteiger partial charge on any atom is -0.544 e. The monoisotopic (exact) mass is 214 g/mol. The van der Waals surface area contributed by atoms with E-state index in [1.165, 1.54) is 6.08 Å². The van der Waals surface area contributed by atoms with Gasteiger partial charge in [0.05, 0.1) is 11.5 Å². The normalized spacial score (nSPS) is 11.0. The SMILES string of the molecule is Cc1cc(C)c(/C=C(\C#N)C(=O)[O-])cc1C. The largest absolute Gasteiger partial charge is 0.544 e. The van der Waals surface area contributed by atoms with Crippen LogP contribution in [-0.4, -0.2) is 5.97 Å². The van der Waals surface area contributed by atoms with Crippen LogP contribution in [0, 0.1) is 32.1 Å². The number of carbonyl (C=O) groups is 1. The van der Waals surface area contributed by atoms with Crippen LogP contribution in [0.25, 0.3) is 6.08 Å². The fourth-order valence-electron chi connectivity index (χ4n) is 1.43. The predicted octanol–water partition coefficient (Wildman–Crippen LogP) is 1.27. The average Bonchev–Trinajstić information content (AvgIpc) is 2.21. The van der Waals surface area contributed by atoms with Crippen LogP contribution < -0.4 is 5.11 Å². The lowest BCUT2D eigenvalue weighted by atomic mass is 9.99. The number of rotatable bonds is 2. The number of nitriles is 1. The highest BCUT2D eigenvalue weighted by Gasteiger charge is 2.02. The number of hydrogen-bond acceptors (Lipinski definition) is 3. The Morgan fingerprint density at radius 1 is 1.25 bits per heavy atom. The lowest BCUT2D eigenvalue weighted by molar-refractivity contribution is -0.298. The molecular weight excluding hydrogens is 202 g/mol. The number of carboxylic acid groups (broad SMARTS) is 1. The zero-order valence-corrected chi connectivity index (χ0v) is 9.50. The van der Waals surface area contributed by atoms with Gasteiger partial charge in [-0.15, -0.1) is 0 Å². The van der Waals surface area contributed by atoms with Gasteiger partial charge in [-0.05, 0) is 49.1 Å². The number of hydrogen-bond donors (Lipinski definition) is 0. The third-order valence-electron chi connectivity index (χ3n) is 2.52. The van der Waals surface area contributed by atoms with Crippen LogP contribution in [-0.2, 0) is 4.79 Å². The van der Waals surface area contributed by atoms with Gasteiger partial charge in [0.1, 0.15) is 6.07 Å². The molecule has 16 heavy (non-hydrogen) atoms. The van der Waals surface area contributed by atoms with Gasteiger partial charge in [0.2, 0.25) is 0 Å². The number of carbonyl (C=O) groups excluding carboxylic acids is 1. The quantitative estimate of drug-likeness (QED) is 0.550. The first-order valence-electron chi connectivity index (χ1n) is 4.86. The van der Waals surface area contributed by atoms with Gasteiger partial charge in [-0.3, -0.25) is 0 Å². The molecular formula is C13H12NO2-. The summed E-state index contributed by atoms with van der Waals surface area (Å²) in [6, 6.07) is 5.44. The van der Waals surface area contributed by atoms with E-state index in [2.05, 4.69) is 0 Å². The second-order valence-electron chi connectivity index (χ2n) is 3.75. The van der Waals surface area contributed by atoms with Crippen LogP contribution in [0.15, 0.2) is 17.7 Å². The van der Waals surface area contributed by atoms with E-state index >= 15 is 0 Å². The molecule has 0 N–H and O–H groups in total. The Bertz CT molecular complexity index is 507. The molecule has 3 nitrogen and oxygen atoms in total. The molecule has 0 saturated carbocycles. The summed E-state index contributed by atoms with van der Waals surface area (Å²) in [4.78, 5) is 10.6. The number of aliphatic carboxylic acids is 1. The number of aryl methyl sites for hydroxylation is 3. The van der Waals surface area contributed by atoms with Crippen molar-refractivity contribution >= 4 is 12.0 Å². The maximum Gasteiger partial charge on any atom is 0.101 e. The van der Waals surface area contributed by atoms with Crippen LogP contribution in [0.5, 0.6) is 0 Å². The molecule has 0 spiro atoms. The highest BCUT2D eigenvalue weighted by Crippen LogP contribution is 2.17. The summed E-state index contributed by atoms with van der Waals surface area (Å²) in [5.74, 6) is -1.44. The van der Waals surface area contributed by atoms with Crippen LogP contribution in [0.1, 0.15) is 22.3 Å². The zero-order valence-electron chi connectivity index (χ0n) is 9.50. The number of benzene rings is 1. The summed E-state index contributed by atoms with van der Waals surface area (Å²) in [7, 11) is 0. The van der Waals surface area contributed by atoms with E-state index < -0.39 is 5.97 Å². The van der Waals surface area contributed by atoms with Crippen molar-refractivity contribution in [2.24, 2.45) is 0 Å². The van der Waals surface area contributed by atoms with E-state index in [1.807, 2.05) is 32.9 Å². The van der Waals surface area contributed by atoms with Gasteiger partial charge in [-0.25, -0.2) is 0 Å². The smallest absolute Gasteiger partial charge is 0.101 e. The summed E-state index contributed by atoms with van der Waals surface area (Å²) >= 11 is 0. The highest BCUT2D eigenvalue weighted by molar-refractivity contribution is 5.95. The van der Waals surface area contributed by atoms with Gasteiger partial charge in [-0.1, -0.05) is 12.1 Å². The van der Waals surface area contributed by atoms with Crippen LogP contribution in [0.3, 0.4) is 0 Å². The molecule has 0 bridgehead atoms. The topological polar surface area (TPSA) is 63.9 Å².